The van der Waals surface area contributed by atoms with E-state index in [-0.39, 0.29) is 18.2 Å². The van der Waals surface area contributed by atoms with E-state index in [0.717, 1.165) is 5.82 Å². The number of anilines is 1. The number of nitrogens with zero attached hydrogens (tertiary/aromatic N) is 3. The van der Waals surface area contributed by atoms with E-state index < -0.39 is 15.4 Å². The molecule has 1 unspecified atom stereocenters. The van der Waals surface area contributed by atoms with Gasteiger partial charge in [0, 0.05) is 38.9 Å². The molecule has 0 bridgehead atoms. The number of hydrogen-bond acceptors (Lipinski definition) is 5. The van der Waals surface area contributed by atoms with E-state index >= 15 is 0 Å². The Hall–Kier alpha value is -1.38. The first kappa shape index (κ1) is 18.0. The highest BCUT2D eigenvalue weighted by atomic mass is 35.5. The van der Waals surface area contributed by atoms with Crippen LogP contribution in [0, 0.1) is 0 Å². The largest absolute Gasteiger partial charge is 0.354 e. The Bertz CT molecular complexity index is 616. The molecule has 0 aromatic carbocycles. The molecule has 1 N–H and O–H groups in total. The topological polar surface area (TPSA) is 82.6 Å². The number of piperazine rings is 1. The summed E-state index contributed by atoms with van der Waals surface area (Å²) in [4.78, 5) is 17.7. The molecule has 1 aromatic heterocycles. The van der Waals surface area contributed by atoms with Crippen molar-refractivity contribution in [2.45, 2.75) is 12.3 Å². The Morgan fingerprint density at radius 1 is 1.35 bits per heavy atom. The molecule has 1 aliphatic rings. The van der Waals surface area contributed by atoms with Gasteiger partial charge in [-0.3, -0.25) is 4.79 Å². The number of halogens is 1. The lowest BCUT2D eigenvalue weighted by atomic mass is 10.3. The van der Waals surface area contributed by atoms with Crippen molar-refractivity contribution in [1.29, 1.82) is 0 Å². The highest BCUT2D eigenvalue weighted by Gasteiger charge is 2.27. The Labute approximate surface area is 141 Å². The van der Waals surface area contributed by atoms with Gasteiger partial charge < -0.3 is 10.2 Å². The third-order valence-electron chi connectivity index (χ3n) is 3.63. The van der Waals surface area contributed by atoms with E-state index in [2.05, 4.69) is 15.2 Å². The first-order valence-electron chi connectivity index (χ1n) is 7.46. The van der Waals surface area contributed by atoms with Gasteiger partial charge >= 0.3 is 0 Å². The molecule has 1 saturated heterocycles. The lowest BCUT2D eigenvalue weighted by molar-refractivity contribution is -0.120. The van der Waals surface area contributed by atoms with E-state index in [1.54, 1.807) is 13.1 Å². The summed E-state index contributed by atoms with van der Waals surface area (Å²) in [5.41, 5.74) is 0. The number of sulfonamides is 1. The number of pyridine rings is 1. The average Bonchev–Trinajstić information content (AvgIpc) is 2.55. The molecule has 128 valence electrons. The highest BCUT2D eigenvalue weighted by molar-refractivity contribution is 7.89. The lowest BCUT2D eigenvalue weighted by Crippen LogP contribution is -2.50. The molecule has 1 aromatic rings. The van der Waals surface area contributed by atoms with Crippen molar-refractivity contribution in [3.8, 4) is 0 Å². The standard InChI is InChI=1S/C14H21ClN4O3S/c1-12(15)14(20)17-6-11-23(21,22)19-9-7-18(8-10-19)13-4-2-3-5-16-13/h2-5,12H,6-11H2,1H3,(H,17,20). The van der Waals surface area contributed by atoms with E-state index in [1.807, 2.05) is 18.2 Å². The molecule has 2 heterocycles. The van der Waals surface area contributed by atoms with Crippen LogP contribution in [0.3, 0.4) is 0 Å². The van der Waals surface area contributed by atoms with Gasteiger partial charge in [-0.05, 0) is 19.1 Å². The van der Waals surface area contributed by atoms with Gasteiger partial charge in [0.25, 0.3) is 0 Å². The van der Waals surface area contributed by atoms with Crippen LogP contribution in [0.5, 0.6) is 0 Å². The van der Waals surface area contributed by atoms with Crippen LogP contribution >= 0.6 is 11.6 Å². The summed E-state index contributed by atoms with van der Waals surface area (Å²) in [5.74, 6) is 0.376. The summed E-state index contributed by atoms with van der Waals surface area (Å²) in [6, 6.07) is 5.67. The predicted octanol–water partition coefficient (Wildman–Crippen LogP) is 0.277. The molecule has 2 rings (SSSR count). The third kappa shape index (κ3) is 5.05. The second-order valence-electron chi connectivity index (χ2n) is 5.30. The van der Waals surface area contributed by atoms with Gasteiger partial charge in [0.1, 0.15) is 11.2 Å². The number of alkyl halides is 1. The van der Waals surface area contributed by atoms with Gasteiger partial charge in [-0.25, -0.2) is 13.4 Å². The smallest absolute Gasteiger partial charge is 0.237 e. The maximum Gasteiger partial charge on any atom is 0.237 e. The number of carbonyl (C=O) groups is 1. The molecule has 1 fully saturated rings. The van der Waals surface area contributed by atoms with Crippen molar-refractivity contribution in [3.05, 3.63) is 24.4 Å². The van der Waals surface area contributed by atoms with Crippen LogP contribution in [0.15, 0.2) is 24.4 Å². The second kappa shape index (κ2) is 7.94. The van der Waals surface area contributed by atoms with Gasteiger partial charge in [-0.1, -0.05) is 6.07 Å². The van der Waals surface area contributed by atoms with Crippen molar-refractivity contribution in [2.24, 2.45) is 0 Å². The number of rotatable bonds is 6. The van der Waals surface area contributed by atoms with Gasteiger partial charge in [0.05, 0.1) is 5.75 Å². The molecule has 7 nitrogen and oxygen atoms in total. The fourth-order valence-electron chi connectivity index (χ4n) is 2.31. The maximum atomic E-state index is 12.3. The van der Waals surface area contributed by atoms with Gasteiger partial charge in [-0.2, -0.15) is 4.31 Å². The fraction of sp³-hybridized carbons (Fsp3) is 0.571. The molecule has 1 amide bonds. The molecule has 23 heavy (non-hydrogen) atoms. The van der Waals surface area contributed by atoms with Gasteiger partial charge in [0.2, 0.25) is 15.9 Å². The van der Waals surface area contributed by atoms with E-state index in [1.165, 1.54) is 4.31 Å². The van der Waals surface area contributed by atoms with E-state index in [4.69, 9.17) is 11.6 Å². The number of nitrogens with one attached hydrogen (secondary N) is 1. The minimum atomic E-state index is -3.38. The Balaban J connectivity index is 1.82. The van der Waals surface area contributed by atoms with Crippen LogP contribution < -0.4 is 10.2 Å². The molecule has 0 radical (unpaired) electrons. The summed E-state index contributed by atoms with van der Waals surface area (Å²) >= 11 is 5.62. The van der Waals surface area contributed by atoms with Crippen LogP contribution in [0.1, 0.15) is 6.92 Å². The molecule has 0 aliphatic carbocycles. The van der Waals surface area contributed by atoms with Crippen LogP contribution in [-0.2, 0) is 14.8 Å². The first-order valence-corrected chi connectivity index (χ1v) is 9.50. The van der Waals surface area contributed by atoms with E-state index in [9.17, 15) is 13.2 Å². The zero-order valence-electron chi connectivity index (χ0n) is 13.0. The van der Waals surface area contributed by atoms with E-state index in [0.29, 0.717) is 26.2 Å². The van der Waals surface area contributed by atoms with Crippen LogP contribution in [0.2, 0.25) is 0 Å². The molecular formula is C14H21ClN4O3S. The van der Waals surface area contributed by atoms with Crippen molar-refractivity contribution in [2.75, 3.05) is 43.4 Å². The number of amides is 1. The zero-order valence-corrected chi connectivity index (χ0v) is 14.6. The quantitative estimate of drug-likeness (QED) is 0.737. The summed E-state index contributed by atoms with van der Waals surface area (Å²) < 4.78 is 26.0. The summed E-state index contributed by atoms with van der Waals surface area (Å²) in [7, 11) is -3.38. The van der Waals surface area contributed by atoms with Gasteiger partial charge in [0.15, 0.2) is 0 Å². The molecule has 1 aliphatic heterocycles. The van der Waals surface area contributed by atoms with Crippen molar-refractivity contribution in [3.63, 3.8) is 0 Å². The molecule has 9 heteroatoms. The fourth-order valence-corrected chi connectivity index (χ4v) is 3.72. The first-order chi connectivity index (χ1) is 10.9. The van der Waals surface area contributed by atoms with Crippen LogP contribution in [0.4, 0.5) is 5.82 Å². The van der Waals surface area contributed by atoms with Crippen molar-refractivity contribution in [1.82, 2.24) is 14.6 Å². The van der Waals surface area contributed by atoms with Gasteiger partial charge in [-0.15, -0.1) is 11.6 Å². The summed E-state index contributed by atoms with van der Waals surface area (Å²) in [6.07, 6.45) is 1.72. The summed E-state index contributed by atoms with van der Waals surface area (Å²) in [6.45, 7) is 3.64. The molecule has 1 atom stereocenters. The van der Waals surface area contributed by atoms with Crippen molar-refractivity contribution < 1.29 is 13.2 Å². The zero-order chi connectivity index (χ0) is 16.9. The van der Waals surface area contributed by atoms with Crippen LogP contribution in [-0.4, -0.2) is 67.5 Å². The number of carbonyl (C=O) groups excluding carboxylic acids is 1. The average molecular weight is 361 g/mol. The Morgan fingerprint density at radius 3 is 2.61 bits per heavy atom. The Kier molecular flexibility index (Phi) is 6.20. The molecular weight excluding hydrogens is 340 g/mol. The minimum absolute atomic E-state index is 0.0681. The maximum absolute atomic E-state index is 12.3. The third-order valence-corrected chi connectivity index (χ3v) is 5.70. The summed E-state index contributed by atoms with van der Waals surface area (Å²) in [5, 5.41) is 1.85. The highest BCUT2D eigenvalue weighted by Crippen LogP contribution is 2.14. The Morgan fingerprint density at radius 2 is 2.04 bits per heavy atom. The minimum Gasteiger partial charge on any atom is -0.354 e. The monoisotopic (exact) mass is 360 g/mol. The normalized spacial score (nSPS) is 17.7. The number of hydrogen-bond donors (Lipinski definition) is 1. The van der Waals surface area contributed by atoms with Crippen molar-refractivity contribution >= 4 is 33.3 Å². The predicted molar refractivity (Wildman–Crippen MR) is 90.1 cm³/mol. The number of aromatic nitrogens is 1. The molecule has 0 saturated carbocycles. The molecule has 0 spiro atoms. The second-order valence-corrected chi connectivity index (χ2v) is 8.04. The SMILES string of the molecule is CC(Cl)C(=O)NCCS(=O)(=O)N1CCN(c2ccccn2)CC1. The lowest BCUT2D eigenvalue weighted by Gasteiger charge is -2.34. The van der Waals surface area contributed by atoms with Crippen LogP contribution in [0.25, 0.3) is 0 Å².